The summed E-state index contributed by atoms with van der Waals surface area (Å²) in [5, 5.41) is 12.8. The van der Waals surface area contributed by atoms with Crippen LogP contribution < -0.4 is 10.3 Å². The van der Waals surface area contributed by atoms with E-state index in [-0.39, 0.29) is 0 Å². The Balaban J connectivity index is 2.58. The molecule has 2 aromatic rings. The van der Waals surface area contributed by atoms with Crippen molar-refractivity contribution in [2.45, 2.75) is 6.54 Å². The van der Waals surface area contributed by atoms with Gasteiger partial charge in [0, 0.05) is 11.6 Å². The van der Waals surface area contributed by atoms with Crippen LogP contribution in [0.5, 0.6) is 5.75 Å². The molecule has 6 heteroatoms. The first-order chi connectivity index (χ1) is 9.11. The molecule has 0 radical (unpaired) electrons. The molecule has 1 aromatic carbocycles. The van der Waals surface area contributed by atoms with Gasteiger partial charge < -0.3 is 9.84 Å². The maximum atomic E-state index is 11.7. The number of aromatic nitrogens is 2. The average Bonchev–Trinajstić information content (AvgIpc) is 2.41. The van der Waals surface area contributed by atoms with Crippen LogP contribution in [0.25, 0.3) is 11.3 Å². The van der Waals surface area contributed by atoms with Crippen LogP contribution in [0.3, 0.4) is 0 Å². The first-order valence-corrected chi connectivity index (χ1v) is 5.55. The summed E-state index contributed by atoms with van der Waals surface area (Å²) in [7, 11) is 1.43. The lowest BCUT2D eigenvalue weighted by Crippen LogP contribution is -2.26. The van der Waals surface area contributed by atoms with Crippen molar-refractivity contribution in [2.24, 2.45) is 0 Å². The molecule has 98 valence electrons. The molecule has 0 aliphatic heterocycles. The van der Waals surface area contributed by atoms with Crippen LogP contribution in [0.15, 0.2) is 41.2 Å². The second kappa shape index (κ2) is 5.34. The van der Waals surface area contributed by atoms with E-state index in [4.69, 9.17) is 9.84 Å². The Morgan fingerprint density at radius 2 is 2.05 bits per heavy atom. The minimum absolute atomic E-state index is 0.317. The molecule has 1 heterocycles. The summed E-state index contributed by atoms with van der Waals surface area (Å²) in [6, 6.07) is 10.3. The van der Waals surface area contributed by atoms with Crippen LogP contribution in [-0.2, 0) is 11.3 Å². The number of aliphatic carboxylic acids is 1. The topological polar surface area (TPSA) is 81.4 Å². The van der Waals surface area contributed by atoms with Gasteiger partial charge in [0.25, 0.3) is 5.56 Å². The monoisotopic (exact) mass is 260 g/mol. The Morgan fingerprint density at radius 1 is 1.37 bits per heavy atom. The molecule has 0 aliphatic rings. The Hall–Kier alpha value is -2.63. The predicted molar refractivity (Wildman–Crippen MR) is 68.1 cm³/mol. The molecule has 0 bridgehead atoms. The molecule has 0 unspecified atom stereocenters. The van der Waals surface area contributed by atoms with E-state index in [0.29, 0.717) is 11.4 Å². The largest absolute Gasteiger partial charge is 0.494 e. The number of ether oxygens (including phenoxy) is 1. The van der Waals surface area contributed by atoms with Crippen LogP contribution in [0.4, 0.5) is 0 Å². The molecule has 0 saturated carbocycles. The van der Waals surface area contributed by atoms with Crippen molar-refractivity contribution in [3.63, 3.8) is 0 Å². The van der Waals surface area contributed by atoms with Gasteiger partial charge in [0.15, 0.2) is 5.75 Å². The minimum atomic E-state index is -1.13. The normalized spacial score (nSPS) is 10.2. The Labute approximate surface area is 108 Å². The molecule has 19 heavy (non-hydrogen) atoms. The highest BCUT2D eigenvalue weighted by atomic mass is 16.5. The van der Waals surface area contributed by atoms with Gasteiger partial charge in [-0.3, -0.25) is 9.59 Å². The number of rotatable bonds is 4. The number of carbonyl (C=O) groups is 1. The van der Waals surface area contributed by atoms with Crippen molar-refractivity contribution in [1.29, 1.82) is 0 Å². The van der Waals surface area contributed by atoms with E-state index in [0.717, 1.165) is 10.2 Å². The lowest BCUT2D eigenvalue weighted by molar-refractivity contribution is -0.138. The van der Waals surface area contributed by atoms with Crippen LogP contribution in [0, 0.1) is 0 Å². The van der Waals surface area contributed by atoms with E-state index in [1.54, 1.807) is 12.1 Å². The molecule has 6 nitrogen and oxygen atoms in total. The maximum absolute atomic E-state index is 11.7. The number of hydrogen-bond donors (Lipinski definition) is 1. The fourth-order valence-electron chi connectivity index (χ4n) is 1.67. The highest BCUT2D eigenvalue weighted by molar-refractivity contribution is 5.67. The van der Waals surface area contributed by atoms with Gasteiger partial charge in [-0.25, -0.2) is 4.68 Å². The van der Waals surface area contributed by atoms with Gasteiger partial charge in [-0.2, -0.15) is 5.10 Å². The SMILES string of the molecule is COc1cc(=O)n(CC(=O)O)nc1-c1ccccc1. The van der Waals surface area contributed by atoms with Gasteiger partial charge in [-0.15, -0.1) is 0 Å². The van der Waals surface area contributed by atoms with Gasteiger partial charge in [0.2, 0.25) is 0 Å². The third kappa shape index (κ3) is 2.79. The van der Waals surface area contributed by atoms with Gasteiger partial charge in [-0.05, 0) is 0 Å². The number of benzene rings is 1. The quantitative estimate of drug-likeness (QED) is 0.887. The van der Waals surface area contributed by atoms with Crippen molar-refractivity contribution in [3.8, 4) is 17.0 Å². The highest BCUT2D eigenvalue weighted by Crippen LogP contribution is 2.25. The van der Waals surface area contributed by atoms with Crippen LogP contribution in [0.1, 0.15) is 0 Å². The first-order valence-electron chi connectivity index (χ1n) is 5.55. The summed E-state index contributed by atoms with van der Waals surface area (Å²) >= 11 is 0. The molecule has 0 fully saturated rings. The summed E-state index contributed by atoms with van der Waals surface area (Å²) in [6.07, 6.45) is 0. The van der Waals surface area contributed by atoms with Crippen molar-refractivity contribution in [1.82, 2.24) is 9.78 Å². The van der Waals surface area contributed by atoms with Gasteiger partial charge >= 0.3 is 5.97 Å². The van der Waals surface area contributed by atoms with Gasteiger partial charge in [-0.1, -0.05) is 30.3 Å². The lowest BCUT2D eigenvalue weighted by Gasteiger charge is -2.09. The van der Waals surface area contributed by atoms with Crippen molar-refractivity contribution >= 4 is 5.97 Å². The van der Waals surface area contributed by atoms with E-state index in [1.165, 1.54) is 13.2 Å². The Kier molecular flexibility index (Phi) is 3.61. The second-order valence-corrected chi connectivity index (χ2v) is 3.82. The molecule has 0 aliphatic carbocycles. The summed E-state index contributed by atoms with van der Waals surface area (Å²) in [5.41, 5.74) is 0.668. The minimum Gasteiger partial charge on any atom is -0.494 e. The summed E-state index contributed by atoms with van der Waals surface area (Å²) in [5.74, 6) is -0.809. The first kappa shape index (κ1) is 12.8. The predicted octanol–water partition coefficient (Wildman–Crippen LogP) is 1.00. The van der Waals surface area contributed by atoms with E-state index in [1.807, 2.05) is 18.2 Å². The lowest BCUT2D eigenvalue weighted by atomic mass is 10.1. The standard InChI is InChI=1S/C13H12N2O4/c1-19-10-7-11(16)15(8-12(17)18)14-13(10)9-5-3-2-4-6-9/h2-7H,8H2,1H3,(H,17,18). The number of carboxylic acids is 1. The summed E-state index contributed by atoms with van der Waals surface area (Å²) in [6.45, 7) is -0.483. The van der Waals surface area contributed by atoms with Gasteiger partial charge in [0.05, 0.1) is 7.11 Å². The molecular weight excluding hydrogens is 248 g/mol. The van der Waals surface area contributed by atoms with E-state index in [2.05, 4.69) is 5.10 Å². The Bertz CT molecular complexity index is 649. The third-order valence-corrected chi connectivity index (χ3v) is 2.52. The molecule has 1 N–H and O–H groups in total. The summed E-state index contributed by atoms with van der Waals surface area (Å²) in [4.78, 5) is 22.4. The van der Waals surface area contributed by atoms with Crippen LogP contribution in [0.2, 0.25) is 0 Å². The zero-order chi connectivity index (χ0) is 13.8. The molecule has 2 rings (SSSR count). The van der Waals surface area contributed by atoms with E-state index >= 15 is 0 Å². The highest BCUT2D eigenvalue weighted by Gasteiger charge is 2.12. The average molecular weight is 260 g/mol. The summed E-state index contributed by atoms with van der Waals surface area (Å²) < 4.78 is 6.01. The number of nitrogens with zero attached hydrogens (tertiary/aromatic N) is 2. The molecule has 0 spiro atoms. The van der Waals surface area contributed by atoms with Crippen LogP contribution >= 0.6 is 0 Å². The molecular formula is C13H12N2O4. The maximum Gasteiger partial charge on any atom is 0.325 e. The molecule has 0 atom stereocenters. The smallest absolute Gasteiger partial charge is 0.325 e. The number of carboxylic acid groups (broad SMARTS) is 1. The molecule has 0 amide bonds. The van der Waals surface area contributed by atoms with Crippen molar-refractivity contribution < 1.29 is 14.6 Å². The zero-order valence-electron chi connectivity index (χ0n) is 10.2. The zero-order valence-corrected chi connectivity index (χ0v) is 10.2. The Morgan fingerprint density at radius 3 is 2.63 bits per heavy atom. The molecule has 0 saturated heterocycles. The molecule has 1 aromatic heterocycles. The van der Waals surface area contributed by atoms with E-state index in [9.17, 15) is 9.59 Å². The fraction of sp³-hybridized carbons (Fsp3) is 0.154. The fourth-order valence-corrected chi connectivity index (χ4v) is 1.67. The van der Waals surface area contributed by atoms with Gasteiger partial charge in [0.1, 0.15) is 12.2 Å². The number of hydrogen-bond acceptors (Lipinski definition) is 4. The van der Waals surface area contributed by atoms with Crippen LogP contribution in [-0.4, -0.2) is 28.0 Å². The third-order valence-electron chi connectivity index (χ3n) is 2.52. The second-order valence-electron chi connectivity index (χ2n) is 3.82. The van der Waals surface area contributed by atoms with Crippen molar-refractivity contribution in [3.05, 3.63) is 46.8 Å². The number of methoxy groups -OCH3 is 1. The van der Waals surface area contributed by atoms with E-state index < -0.39 is 18.1 Å². The van der Waals surface area contributed by atoms with Crippen molar-refractivity contribution in [2.75, 3.05) is 7.11 Å².